The van der Waals surface area contributed by atoms with Gasteiger partial charge < -0.3 is 9.84 Å². The Morgan fingerprint density at radius 2 is 1.95 bits per heavy atom. The summed E-state index contributed by atoms with van der Waals surface area (Å²) in [6.45, 7) is 2.00. The molecule has 3 fully saturated rings. The molecule has 214 valence electrons. The average Bonchev–Trinajstić information content (AvgIpc) is 3.53. The number of carbonyl (C=O) groups is 3. The summed E-state index contributed by atoms with van der Waals surface area (Å²) in [4.78, 5) is 50.7. The van der Waals surface area contributed by atoms with Gasteiger partial charge >= 0.3 is 5.97 Å². The van der Waals surface area contributed by atoms with Gasteiger partial charge in [0.05, 0.1) is 12.1 Å². The Bertz CT molecular complexity index is 1410. The first kappa shape index (κ1) is 27.5. The molecule has 1 saturated carbocycles. The number of thiazole rings is 1. The Hall–Kier alpha value is -3.63. The third-order valence-electron chi connectivity index (χ3n) is 8.10. The molecule has 2 atom stereocenters. The Kier molecular flexibility index (Phi) is 8.11. The lowest BCUT2D eigenvalue weighted by Crippen LogP contribution is -2.40. The van der Waals surface area contributed by atoms with Gasteiger partial charge in [-0.2, -0.15) is 0 Å². The maximum Gasteiger partial charge on any atom is 0.304 e. The van der Waals surface area contributed by atoms with Crippen LogP contribution in [0.5, 0.6) is 0 Å². The van der Waals surface area contributed by atoms with Gasteiger partial charge in [0.2, 0.25) is 11.8 Å². The van der Waals surface area contributed by atoms with E-state index in [1.54, 1.807) is 16.0 Å². The van der Waals surface area contributed by atoms with Gasteiger partial charge in [-0.25, -0.2) is 9.97 Å². The zero-order valence-corrected chi connectivity index (χ0v) is 23.7. The van der Waals surface area contributed by atoms with Crippen LogP contribution in [0.4, 0.5) is 10.9 Å². The minimum Gasteiger partial charge on any atom is -0.481 e. The molecule has 0 radical (unpaired) electrons. The highest BCUT2D eigenvalue weighted by Crippen LogP contribution is 2.40. The molecule has 2 aromatic heterocycles. The first-order valence-electron chi connectivity index (χ1n) is 14.4. The predicted octanol–water partition coefficient (Wildman–Crippen LogP) is 5.40. The number of carboxylic acids is 1. The Morgan fingerprint density at radius 3 is 2.61 bits per heavy atom. The molecule has 1 aromatic carbocycles. The molecule has 6 rings (SSSR count). The van der Waals surface area contributed by atoms with E-state index < -0.39 is 11.9 Å². The monoisotopic (exact) mass is 574 g/mol. The van der Waals surface area contributed by atoms with Crippen molar-refractivity contribution in [3.63, 3.8) is 0 Å². The molecule has 0 spiro atoms. The van der Waals surface area contributed by atoms with Crippen LogP contribution in [-0.4, -0.2) is 58.7 Å². The minimum atomic E-state index is -0.960. The summed E-state index contributed by atoms with van der Waals surface area (Å²) in [5.74, 6) is -0.747. The number of carboxylic acid groups (broad SMARTS) is 1. The predicted molar refractivity (Wildman–Crippen MR) is 157 cm³/mol. The molecule has 4 heterocycles. The van der Waals surface area contributed by atoms with E-state index in [1.165, 1.54) is 11.3 Å². The zero-order chi connectivity index (χ0) is 28.3. The van der Waals surface area contributed by atoms with E-state index in [4.69, 9.17) is 9.72 Å². The van der Waals surface area contributed by atoms with Crippen LogP contribution in [0.3, 0.4) is 0 Å². The molecule has 3 aromatic rings. The van der Waals surface area contributed by atoms with Crippen LogP contribution < -0.4 is 9.80 Å². The van der Waals surface area contributed by atoms with Crippen molar-refractivity contribution in [3.8, 4) is 22.4 Å². The van der Waals surface area contributed by atoms with Gasteiger partial charge in [-0.1, -0.05) is 24.3 Å². The van der Waals surface area contributed by atoms with Crippen molar-refractivity contribution in [2.45, 2.75) is 57.4 Å². The van der Waals surface area contributed by atoms with Gasteiger partial charge in [-0.3, -0.25) is 24.2 Å². The second-order valence-corrected chi connectivity index (χ2v) is 12.0. The Balaban J connectivity index is 1.25. The van der Waals surface area contributed by atoms with Crippen molar-refractivity contribution in [2.75, 3.05) is 29.6 Å². The number of nitrogens with zero attached hydrogens (tertiary/aromatic N) is 4. The van der Waals surface area contributed by atoms with E-state index in [1.807, 2.05) is 41.8 Å². The van der Waals surface area contributed by atoms with Crippen molar-refractivity contribution in [3.05, 3.63) is 48.0 Å². The molecule has 1 N–H and O–H groups in total. The molecular weight excluding hydrogens is 540 g/mol. The molecule has 0 bridgehead atoms. The lowest BCUT2D eigenvalue weighted by atomic mass is 9.87. The van der Waals surface area contributed by atoms with Crippen LogP contribution in [-0.2, 0) is 19.1 Å². The number of rotatable bonds is 10. The third-order valence-corrected chi connectivity index (χ3v) is 8.94. The van der Waals surface area contributed by atoms with E-state index in [0.717, 1.165) is 61.1 Å². The van der Waals surface area contributed by atoms with Gasteiger partial charge in [-0.15, -0.1) is 11.3 Å². The van der Waals surface area contributed by atoms with E-state index in [-0.39, 0.29) is 30.2 Å². The molecule has 10 heteroatoms. The highest BCUT2D eigenvalue weighted by Gasteiger charge is 2.40. The molecule has 1 aliphatic carbocycles. The number of hydrogen-bond donors (Lipinski definition) is 1. The van der Waals surface area contributed by atoms with Gasteiger partial charge in [-0.05, 0) is 62.1 Å². The van der Waals surface area contributed by atoms with Gasteiger partial charge in [0.1, 0.15) is 5.82 Å². The number of hydrogen-bond acceptors (Lipinski definition) is 7. The minimum absolute atomic E-state index is 0.0562. The molecule has 2 aliphatic heterocycles. The number of pyridine rings is 1. The lowest BCUT2D eigenvalue weighted by Gasteiger charge is -2.29. The molecule has 1 unspecified atom stereocenters. The molecule has 41 heavy (non-hydrogen) atoms. The summed E-state index contributed by atoms with van der Waals surface area (Å²) in [6.07, 6.45) is 7.20. The maximum absolute atomic E-state index is 13.9. The number of anilines is 2. The standard InChI is InChI=1S/C31H34N4O5S/c36-28-8-3-13-34(28)27-12-9-21(17-32-27)24-6-1-2-7-25(24)26-19-41-31(33-26)35(23-10-11-23)30(39)22(16-29(37)38)15-20-5-4-14-40-18-20/h1-2,6-7,9,12,17,19-20,22-23H,3-5,8,10-11,13-16,18H2,(H,37,38)/t20-,22?/m1/s1. The lowest BCUT2D eigenvalue weighted by molar-refractivity contribution is -0.141. The van der Waals surface area contributed by atoms with Crippen LogP contribution in [0.15, 0.2) is 48.0 Å². The maximum atomic E-state index is 13.9. The van der Waals surface area contributed by atoms with Crippen LogP contribution in [0.2, 0.25) is 0 Å². The summed E-state index contributed by atoms with van der Waals surface area (Å²) in [5, 5.41) is 12.2. The van der Waals surface area contributed by atoms with Crippen molar-refractivity contribution in [1.29, 1.82) is 0 Å². The first-order valence-corrected chi connectivity index (χ1v) is 15.3. The second kappa shape index (κ2) is 12.1. The highest BCUT2D eigenvalue weighted by molar-refractivity contribution is 7.14. The average molecular weight is 575 g/mol. The van der Waals surface area contributed by atoms with E-state index in [2.05, 4.69) is 4.98 Å². The Labute approximate surface area is 243 Å². The zero-order valence-electron chi connectivity index (χ0n) is 22.9. The SMILES string of the molecule is O=C(O)CC(C[C@H]1CCCOC1)C(=O)N(c1nc(-c2ccccc2-c2ccc(N3CCCC3=O)nc2)cs1)C1CC1. The number of carbonyl (C=O) groups excluding carboxylic acids is 2. The van der Waals surface area contributed by atoms with E-state index in [0.29, 0.717) is 36.9 Å². The van der Waals surface area contributed by atoms with E-state index >= 15 is 0 Å². The fourth-order valence-electron chi connectivity index (χ4n) is 5.89. The number of ether oxygens (including phenoxy) is 1. The fraction of sp³-hybridized carbons (Fsp3) is 0.452. The molecule has 2 amide bonds. The van der Waals surface area contributed by atoms with Crippen LogP contribution in [0.1, 0.15) is 51.4 Å². The molecule has 9 nitrogen and oxygen atoms in total. The van der Waals surface area contributed by atoms with Crippen LogP contribution in [0, 0.1) is 11.8 Å². The Morgan fingerprint density at radius 1 is 1.12 bits per heavy atom. The van der Waals surface area contributed by atoms with Crippen LogP contribution in [0.25, 0.3) is 22.4 Å². The van der Waals surface area contributed by atoms with Gasteiger partial charge in [0, 0.05) is 60.8 Å². The smallest absolute Gasteiger partial charge is 0.304 e. The highest BCUT2D eigenvalue weighted by atomic mass is 32.1. The van der Waals surface area contributed by atoms with E-state index in [9.17, 15) is 19.5 Å². The number of amides is 2. The summed E-state index contributed by atoms with van der Waals surface area (Å²) < 4.78 is 5.61. The summed E-state index contributed by atoms with van der Waals surface area (Å²) in [5.41, 5.74) is 3.55. The van der Waals surface area contributed by atoms with Gasteiger partial charge in [0.15, 0.2) is 5.13 Å². The van der Waals surface area contributed by atoms with Crippen molar-refractivity contribution >= 4 is 40.1 Å². The molecule has 3 aliphatic rings. The van der Waals surface area contributed by atoms with Crippen LogP contribution >= 0.6 is 11.3 Å². The normalized spacial score (nSPS) is 19.8. The second-order valence-electron chi connectivity index (χ2n) is 11.2. The molecular formula is C31H34N4O5S. The quantitative estimate of drug-likeness (QED) is 0.345. The number of benzene rings is 1. The van der Waals surface area contributed by atoms with Crippen molar-refractivity contribution in [2.24, 2.45) is 11.8 Å². The topological polar surface area (TPSA) is 113 Å². The molecule has 2 saturated heterocycles. The third kappa shape index (κ3) is 6.18. The van der Waals surface area contributed by atoms with Crippen molar-refractivity contribution in [1.82, 2.24) is 9.97 Å². The summed E-state index contributed by atoms with van der Waals surface area (Å²) in [7, 11) is 0. The fourth-order valence-corrected chi connectivity index (χ4v) is 6.79. The number of aliphatic carboxylic acids is 1. The number of aromatic nitrogens is 2. The largest absolute Gasteiger partial charge is 0.481 e. The summed E-state index contributed by atoms with van der Waals surface area (Å²) in [6, 6.07) is 11.9. The van der Waals surface area contributed by atoms with Gasteiger partial charge in [0.25, 0.3) is 0 Å². The van der Waals surface area contributed by atoms with Crippen molar-refractivity contribution < 1.29 is 24.2 Å². The summed E-state index contributed by atoms with van der Waals surface area (Å²) >= 11 is 1.42. The first-order chi connectivity index (χ1) is 20.0.